The Morgan fingerprint density at radius 2 is 2.38 bits per heavy atom. The lowest BCUT2D eigenvalue weighted by molar-refractivity contribution is 0.252. The first-order valence-corrected chi connectivity index (χ1v) is 7.05. The van der Waals surface area contributed by atoms with Crippen LogP contribution in [0.3, 0.4) is 0 Å². The van der Waals surface area contributed by atoms with E-state index < -0.39 is 0 Å². The summed E-state index contributed by atoms with van der Waals surface area (Å²) < 4.78 is 5.39. The molecule has 1 aromatic heterocycles. The molecule has 2 aliphatic heterocycles. The molecule has 0 aromatic carbocycles. The van der Waals surface area contributed by atoms with Gasteiger partial charge in [-0.05, 0) is 37.6 Å². The Kier molecular flexibility index (Phi) is 2.90. The minimum absolute atomic E-state index is 0.397. The van der Waals surface area contributed by atoms with E-state index in [-0.39, 0.29) is 0 Å². The Hall–Kier alpha value is -0.550. The van der Waals surface area contributed by atoms with E-state index in [2.05, 4.69) is 22.4 Å². The van der Waals surface area contributed by atoms with Crippen LogP contribution in [-0.2, 0) is 0 Å². The SMILES string of the molecule is CC(c1nc(C2CCCS2)no1)C1CNC1. The lowest BCUT2D eigenvalue weighted by Crippen LogP contribution is -2.44. The van der Waals surface area contributed by atoms with Crippen LogP contribution in [0, 0.1) is 5.92 Å². The van der Waals surface area contributed by atoms with Crippen molar-refractivity contribution in [2.24, 2.45) is 5.92 Å². The molecular weight excluding hydrogens is 222 g/mol. The quantitative estimate of drug-likeness (QED) is 0.874. The van der Waals surface area contributed by atoms with Crippen molar-refractivity contribution in [3.63, 3.8) is 0 Å². The lowest BCUT2D eigenvalue weighted by atomic mass is 9.89. The molecule has 3 rings (SSSR count). The highest BCUT2D eigenvalue weighted by Gasteiger charge is 2.30. The Balaban J connectivity index is 1.71. The topological polar surface area (TPSA) is 51.0 Å². The minimum Gasteiger partial charge on any atom is -0.339 e. The van der Waals surface area contributed by atoms with E-state index in [0.717, 1.165) is 24.8 Å². The number of hydrogen-bond acceptors (Lipinski definition) is 5. The first-order valence-electron chi connectivity index (χ1n) is 6.00. The van der Waals surface area contributed by atoms with Crippen LogP contribution in [0.1, 0.15) is 42.6 Å². The molecule has 1 N–H and O–H groups in total. The van der Waals surface area contributed by atoms with Gasteiger partial charge in [0.2, 0.25) is 5.89 Å². The van der Waals surface area contributed by atoms with E-state index in [0.29, 0.717) is 17.1 Å². The van der Waals surface area contributed by atoms with Crippen LogP contribution < -0.4 is 5.32 Å². The normalized spacial score (nSPS) is 27.9. The van der Waals surface area contributed by atoms with E-state index in [1.165, 1.54) is 18.6 Å². The van der Waals surface area contributed by atoms with Gasteiger partial charge in [0.25, 0.3) is 0 Å². The maximum absolute atomic E-state index is 5.39. The number of thioether (sulfide) groups is 1. The van der Waals surface area contributed by atoms with E-state index >= 15 is 0 Å². The van der Waals surface area contributed by atoms with Crippen LogP contribution in [-0.4, -0.2) is 29.0 Å². The van der Waals surface area contributed by atoms with Crippen LogP contribution in [0.5, 0.6) is 0 Å². The Bertz CT molecular complexity index is 358. The van der Waals surface area contributed by atoms with E-state index in [1.807, 2.05) is 11.8 Å². The summed E-state index contributed by atoms with van der Waals surface area (Å²) in [6, 6.07) is 0. The maximum Gasteiger partial charge on any atom is 0.229 e. The summed E-state index contributed by atoms with van der Waals surface area (Å²) in [6.45, 7) is 4.35. The molecule has 0 amide bonds. The molecule has 2 aliphatic rings. The summed E-state index contributed by atoms with van der Waals surface area (Å²) in [5, 5.41) is 7.89. The Labute approximate surface area is 99.6 Å². The first-order chi connectivity index (χ1) is 7.84. The standard InChI is InChI=1S/C11H17N3OS/c1-7(8-5-12-6-8)11-13-10(14-15-11)9-3-2-4-16-9/h7-9,12H,2-6H2,1H3. The highest BCUT2D eigenvalue weighted by molar-refractivity contribution is 7.99. The van der Waals surface area contributed by atoms with Crippen molar-refractivity contribution in [3.05, 3.63) is 11.7 Å². The summed E-state index contributed by atoms with van der Waals surface area (Å²) in [4.78, 5) is 4.57. The average Bonchev–Trinajstić information content (AvgIpc) is 2.86. The van der Waals surface area contributed by atoms with Crippen LogP contribution in [0.15, 0.2) is 4.52 Å². The molecule has 88 valence electrons. The van der Waals surface area contributed by atoms with Gasteiger partial charge in [-0.3, -0.25) is 0 Å². The van der Waals surface area contributed by atoms with Crippen LogP contribution >= 0.6 is 11.8 Å². The number of rotatable bonds is 3. The van der Waals surface area contributed by atoms with Crippen molar-refractivity contribution in [1.29, 1.82) is 0 Å². The fourth-order valence-electron chi connectivity index (χ4n) is 2.21. The third-order valence-electron chi connectivity index (χ3n) is 3.58. The molecule has 3 heterocycles. The zero-order valence-corrected chi connectivity index (χ0v) is 10.3. The highest BCUT2D eigenvalue weighted by Crippen LogP contribution is 2.39. The van der Waals surface area contributed by atoms with Gasteiger partial charge in [0.15, 0.2) is 5.82 Å². The van der Waals surface area contributed by atoms with Gasteiger partial charge < -0.3 is 9.84 Å². The fraction of sp³-hybridized carbons (Fsp3) is 0.818. The van der Waals surface area contributed by atoms with Gasteiger partial charge >= 0.3 is 0 Å². The van der Waals surface area contributed by atoms with Gasteiger partial charge in [-0.15, -0.1) is 0 Å². The van der Waals surface area contributed by atoms with Crippen molar-refractivity contribution in [1.82, 2.24) is 15.5 Å². The third-order valence-corrected chi connectivity index (χ3v) is 4.96. The Morgan fingerprint density at radius 1 is 1.50 bits per heavy atom. The van der Waals surface area contributed by atoms with Crippen LogP contribution in [0.25, 0.3) is 0 Å². The van der Waals surface area contributed by atoms with Crippen molar-refractivity contribution < 1.29 is 4.52 Å². The van der Waals surface area contributed by atoms with Crippen molar-refractivity contribution in [2.75, 3.05) is 18.8 Å². The van der Waals surface area contributed by atoms with Crippen molar-refractivity contribution in [2.45, 2.75) is 30.9 Å². The van der Waals surface area contributed by atoms with Gasteiger partial charge in [-0.2, -0.15) is 16.7 Å². The van der Waals surface area contributed by atoms with E-state index in [1.54, 1.807) is 0 Å². The van der Waals surface area contributed by atoms with Gasteiger partial charge in [0.05, 0.1) is 5.25 Å². The molecule has 0 bridgehead atoms. The number of hydrogen-bond donors (Lipinski definition) is 1. The molecule has 4 nitrogen and oxygen atoms in total. The smallest absolute Gasteiger partial charge is 0.229 e. The minimum atomic E-state index is 0.397. The maximum atomic E-state index is 5.39. The lowest BCUT2D eigenvalue weighted by Gasteiger charge is -2.30. The molecule has 16 heavy (non-hydrogen) atoms. The molecule has 0 saturated carbocycles. The largest absolute Gasteiger partial charge is 0.339 e. The fourth-order valence-corrected chi connectivity index (χ4v) is 3.41. The monoisotopic (exact) mass is 239 g/mol. The predicted molar refractivity (Wildman–Crippen MR) is 63.5 cm³/mol. The van der Waals surface area contributed by atoms with Crippen LogP contribution in [0.2, 0.25) is 0 Å². The second-order valence-corrected chi connectivity index (χ2v) is 6.01. The first kappa shape index (κ1) is 10.6. The Morgan fingerprint density at radius 3 is 3.00 bits per heavy atom. The second-order valence-electron chi connectivity index (χ2n) is 4.70. The summed E-state index contributed by atoms with van der Waals surface area (Å²) >= 11 is 1.95. The van der Waals surface area contributed by atoms with Crippen molar-refractivity contribution >= 4 is 11.8 Å². The molecule has 0 radical (unpaired) electrons. The van der Waals surface area contributed by atoms with Gasteiger partial charge in [-0.1, -0.05) is 12.1 Å². The zero-order valence-electron chi connectivity index (χ0n) is 9.48. The molecule has 1 aromatic rings. The molecule has 5 heteroatoms. The second kappa shape index (κ2) is 4.37. The number of nitrogens with zero attached hydrogens (tertiary/aromatic N) is 2. The summed E-state index contributed by atoms with van der Waals surface area (Å²) in [7, 11) is 0. The van der Waals surface area contributed by atoms with E-state index in [9.17, 15) is 0 Å². The van der Waals surface area contributed by atoms with Gasteiger partial charge in [0.1, 0.15) is 0 Å². The zero-order chi connectivity index (χ0) is 11.0. The molecule has 2 fully saturated rings. The summed E-state index contributed by atoms with van der Waals surface area (Å²) in [5.74, 6) is 4.04. The van der Waals surface area contributed by atoms with E-state index in [4.69, 9.17) is 4.52 Å². The molecule has 2 atom stereocenters. The third kappa shape index (κ3) is 1.86. The predicted octanol–water partition coefficient (Wildman–Crippen LogP) is 1.96. The number of aromatic nitrogens is 2. The molecule has 2 saturated heterocycles. The summed E-state index contributed by atoms with van der Waals surface area (Å²) in [5.41, 5.74) is 0. The van der Waals surface area contributed by atoms with Gasteiger partial charge in [0, 0.05) is 5.92 Å². The highest BCUT2D eigenvalue weighted by atomic mass is 32.2. The van der Waals surface area contributed by atoms with Crippen LogP contribution in [0.4, 0.5) is 0 Å². The molecular formula is C11H17N3OS. The average molecular weight is 239 g/mol. The number of nitrogens with one attached hydrogen (secondary N) is 1. The molecule has 2 unspecified atom stereocenters. The van der Waals surface area contributed by atoms with Crippen molar-refractivity contribution in [3.8, 4) is 0 Å². The molecule has 0 spiro atoms. The summed E-state index contributed by atoms with van der Waals surface area (Å²) in [6.07, 6.45) is 2.48. The van der Waals surface area contributed by atoms with Gasteiger partial charge in [-0.25, -0.2) is 0 Å². The molecule has 0 aliphatic carbocycles.